The molecule has 2 saturated carbocycles. The maximum Gasteiger partial charge on any atom is 0.138 e. The average molecular weight is 207 g/mol. The first-order valence-electron chi connectivity index (χ1n) is 5.73. The van der Waals surface area contributed by atoms with Crippen LogP contribution in [0.1, 0.15) is 31.5 Å². The van der Waals surface area contributed by atoms with E-state index in [2.05, 4.69) is 10.1 Å². The molecule has 15 heavy (non-hydrogen) atoms. The molecule has 2 aliphatic rings. The minimum Gasteiger partial charge on any atom is -0.389 e. The van der Waals surface area contributed by atoms with E-state index in [1.807, 2.05) is 7.05 Å². The fraction of sp³-hybridized carbons (Fsp3) is 0.818. The second kappa shape index (κ2) is 3.04. The molecule has 3 atom stereocenters. The van der Waals surface area contributed by atoms with Crippen LogP contribution in [0.25, 0.3) is 0 Å². The van der Waals surface area contributed by atoms with E-state index in [9.17, 15) is 5.11 Å². The molecule has 0 spiro atoms. The molecule has 0 amide bonds. The minimum atomic E-state index is -0.496. The molecule has 0 aliphatic heterocycles. The number of aromatic nitrogens is 3. The number of hydrogen-bond acceptors (Lipinski definition) is 3. The topological polar surface area (TPSA) is 50.9 Å². The standard InChI is InChI=1S/C11H17N3O/c1-14-10(12-7-13-14)6-11(15)5-8-2-3-9(11)4-8/h7-9,15H,2-6H2,1H3. The zero-order valence-corrected chi connectivity index (χ0v) is 9.06. The minimum absolute atomic E-state index is 0.496. The molecule has 1 N–H and O–H groups in total. The van der Waals surface area contributed by atoms with E-state index in [0.717, 1.165) is 18.2 Å². The highest BCUT2D eigenvalue weighted by Crippen LogP contribution is 2.51. The summed E-state index contributed by atoms with van der Waals surface area (Å²) in [6.07, 6.45) is 6.92. The molecule has 82 valence electrons. The Morgan fingerprint density at radius 3 is 3.00 bits per heavy atom. The molecule has 0 radical (unpaired) electrons. The van der Waals surface area contributed by atoms with Crippen LogP contribution in [0.3, 0.4) is 0 Å². The van der Waals surface area contributed by atoms with Crippen LogP contribution in [0.5, 0.6) is 0 Å². The van der Waals surface area contributed by atoms with Gasteiger partial charge >= 0.3 is 0 Å². The molecule has 2 fully saturated rings. The summed E-state index contributed by atoms with van der Waals surface area (Å²) in [6, 6.07) is 0. The van der Waals surface area contributed by atoms with E-state index in [1.54, 1.807) is 11.0 Å². The summed E-state index contributed by atoms with van der Waals surface area (Å²) in [5.41, 5.74) is -0.496. The van der Waals surface area contributed by atoms with Crippen molar-refractivity contribution >= 4 is 0 Å². The zero-order chi connectivity index (χ0) is 10.5. The molecule has 4 heteroatoms. The van der Waals surface area contributed by atoms with Crippen molar-refractivity contribution in [1.82, 2.24) is 14.8 Å². The molecule has 1 aromatic rings. The molecule has 1 aromatic heterocycles. The van der Waals surface area contributed by atoms with Gasteiger partial charge in [-0.2, -0.15) is 5.10 Å². The van der Waals surface area contributed by atoms with Crippen LogP contribution in [-0.2, 0) is 13.5 Å². The smallest absolute Gasteiger partial charge is 0.138 e. The molecule has 0 aromatic carbocycles. The van der Waals surface area contributed by atoms with Crippen LogP contribution in [-0.4, -0.2) is 25.5 Å². The van der Waals surface area contributed by atoms with E-state index in [0.29, 0.717) is 12.3 Å². The summed E-state index contributed by atoms with van der Waals surface area (Å²) in [6.45, 7) is 0. The van der Waals surface area contributed by atoms with Gasteiger partial charge in [0.1, 0.15) is 12.2 Å². The molecular weight excluding hydrogens is 190 g/mol. The van der Waals surface area contributed by atoms with Crippen molar-refractivity contribution in [1.29, 1.82) is 0 Å². The van der Waals surface area contributed by atoms with Gasteiger partial charge in [0.15, 0.2) is 0 Å². The zero-order valence-electron chi connectivity index (χ0n) is 9.06. The number of aryl methyl sites for hydroxylation is 1. The number of rotatable bonds is 2. The maximum atomic E-state index is 10.6. The Bertz CT molecular complexity index is 376. The van der Waals surface area contributed by atoms with Crippen molar-refractivity contribution in [3.05, 3.63) is 12.2 Å². The van der Waals surface area contributed by atoms with Gasteiger partial charge in [-0.15, -0.1) is 0 Å². The van der Waals surface area contributed by atoms with Crippen LogP contribution in [0.4, 0.5) is 0 Å². The molecule has 0 saturated heterocycles. The second-order valence-corrected chi connectivity index (χ2v) is 5.16. The summed E-state index contributed by atoms with van der Waals surface area (Å²) >= 11 is 0. The molecular formula is C11H17N3O. The first-order chi connectivity index (χ1) is 7.17. The molecule has 4 nitrogen and oxygen atoms in total. The highest BCUT2D eigenvalue weighted by Gasteiger charge is 2.50. The van der Waals surface area contributed by atoms with Crippen molar-refractivity contribution in [2.75, 3.05) is 0 Å². The lowest BCUT2D eigenvalue weighted by molar-refractivity contribution is -0.0148. The molecule has 2 aliphatic carbocycles. The van der Waals surface area contributed by atoms with E-state index in [4.69, 9.17) is 0 Å². The summed E-state index contributed by atoms with van der Waals surface area (Å²) < 4.78 is 1.77. The number of fused-ring (bicyclic) bond motifs is 2. The van der Waals surface area contributed by atoms with Gasteiger partial charge in [-0.3, -0.25) is 4.68 Å². The SMILES string of the molecule is Cn1ncnc1CC1(O)CC2CCC1C2. The van der Waals surface area contributed by atoms with Gasteiger partial charge in [-0.05, 0) is 37.5 Å². The third-order valence-corrected chi connectivity index (χ3v) is 4.21. The van der Waals surface area contributed by atoms with Crippen LogP contribution in [0.2, 0.25) is 0 Å². The van der Waals surface area contributed by atoms with Gasteiger partial charge in [0, 0.05) is 13.5 Å². The molecule has 1 heterocycles. The van der Waals surface area contributed by atoms with Gasteiger partial charge in [-0.25, -0.2) is 4.98 Å². The lowest BCUT2D eigenvalue weighted by Crippen LogP contribution is -2.38. The third-order valence-electron chi connectivity index (χ3n) is 4.21. The van der Waals surface area contributed by atoms with Gasteiger partial charge in [0.25, 0.3) is 0 Å². The predicted molar refractivity (Wildman–Crippen MR) is 55.1 cm³/mol. The first kappa shape index (κ1) is 9.33. The van der Waals surface area contributed by atoms with Gasteiger partial charge in [-0.1, -0.05) is 0 Å². The number of nitrogens with zero attached hydrogens (tertiary/aromatic N) is 3. The normalized spacial score (nSPS) is 38.8. The first-order valence-corrected chi connectivity index (χ1v) is 5.73. The van der Waals surface area contributed by atoms with E-state index >= 15 is 0 Å². The summed E-state index contributed by atoms with van der Waals surface area (Å²) in [7, 11) is 1.89. The van der Waals surface area contributed by atoms with Crippen molar-refractivity contribution in [3.63, 3.8) is 0 Å². The largest absolute Gasteiger partial charge is 0.389 e. The molecule has 3 unspecified atom stereocenters. The van der Waals surface area contributed by atoms with Crippen molar-refractivity contribution in [3.8, 4) is 0 Å². The Hall–Kier alpha value is -0.900. The average Bonchev–Trinajstić information content (AvgIpc) is 2.83. The van der Waals surface area contributed by atoms with Crippen LogP contribution >= 0.6 is 0 Å². The van der Waals surface area contributed by atoms with E-state index < -0.39 is 5.60 Å². The Morgan fingerprint density at radius 1 is 1.60 bits per heavy atom. The van der Waals surface area contributed by atoms with E-state index in [-0.39, 0.29) is 0 Å². The lowest BCUT2D eigenvalue weighted by atomic mass is 9.81. The van der Waals surface area contributed by atoms with Crippen molar-refractivity contribution in [2.45, 2.75) is 37.7 Å². The fourth-order valence-electron chi connectivity index (χ4n) is 3.39. The highest BCUT2D eigenvalue weighted by molar-refractivity contribution is 5.06. The van der Waals surface area contributed by atoms with Crippen molar-refractivity contribution in [2.24, 2.45) is 18.9 Å². The summed E-state index contributed by atoms with van der Waals surface area (Å²) in [5, 5.41) is 14.6. The van der Waals surface area contributed by atoms with E-state index in [1.165, 1.54) is 19.3 Å². The van der Waals surface area contributed by atoms with Gasteiger partial charge in [0.05, 0.1) is 5.60 Å². The summed E-state index contributed by atoms with van der Waals surface area (Å²) in [5.74, 6) is 2.16. The lowest BCUT2D eigenvalue weighted by Gasteiger charge is -2.31. The Morgan fingerprint density at radius 2 is 2.47 bits per heavy atom. The fourth-order valence-corrected chi connectivity index (χ4v) is 3.39. The summed E-state index contributed by atoms with van der Waals surface area (Å²) in [4.78, 5) is 4.20. The number of aliphatic hydroxyl groups is 1. The Kier molecular flexibility index (Phi) is 1.89. The molecule has 3 rings (SSSR count). The number of hydrogen-bond donors (Lipinski definition) is 1. The van der Waals surface area contributed by atoms with Gasteiger partial charge < -0.3 is 5.11 Å². The second-order valence-electron chi connectivity index (χ2n) is 5.16. The maximum absolute atomic E-state index is 10.6. The van der Waals surface area contributed by atoms with Crippen LogP contribution in [0.15, 0.2) is 6.33 Å². The Labute approximate surface area is 89.3 Å². The van der Waals surface area contributed by atoms with Crippen molar-refractivity contribution < 1.29 is 5.11 Å². The van der Waals surface area contributed by atoms with Crippen LogP contribution < -0.4 is 0 Å². The predicted octanol–water partition coefficient (Wildman–Crippen LogP) is 0.909. The van der Waals surface area contributed by atoms with Crippen LogP contribution in [0, 0.1) is 11.8 Å². The Balaban J connectivity index is 1.81. The highest BCUT2D eigenvalue weighted by atomic mass is 16.3. The molecule has 2 bridgehead atoms. The monoisotopic (exact) mass is 207 g/mol. The van der Waals surface area contributed by atoms with Gasteiger partial charge in [0.2, 0.25) is 0 Å². The quantitative estimate of drug-likeness (QED) is 0.784. The third kappa shape index (κ3) is 1.39.